The lowest BCUT2D eigenvalue weighted by Crippen LogP contribution is -2.31. The van der Waals surface area contributed by atoms with E-state index < -0.39 is 0 Å². The smallest absolute Gasteiger partial charge is 0.335 e. The first-order valence-electron chi connectivity index (χ1n) is 8.90. The molecule has 3 atom stereocenters. The second-order valence-corrected chi connectivity index (χ2v) is 7.25. The number of aliphatic hydroxyl groups is 1. The van der Waals surface area contributed by atoms with Crippen molar-refractivity contribution in [3.63, 3.8) is 0 Å². The Labute approximate surface area is 146 Å². The highest BCUT2D eigenvalue weighted by Gasteiger charge is 2.39. The van der Waals surface area contributed by atoms with Crippen molar-refractivity contribution < 1.29 is 14.5 Å². The maximum absolute atomic E-state index is 11.7. The number of aromatic nitrogens is 3. The Bertz CT molecular complexity index is 815. The Morgan fingerprint density at radius 3 is 3.08 bits per heavy atom. The number of fused-ring (bicyclic) bond motifs is 2. The van der Waals surface area contributed by atoms with Crippen molar-refractivity contribution in [1.29, 1.82) is 0 Å². The zero-order valence-corrected chi connectivity index (χ0v) is 14.4. The highest BCUT2D eigenvalue weighted by atomic mass is 16.3. The van der Waals surface area contributed by atoms with Gasteiger partial charge in [-0.05, 0) is 42.1 Å². The molecule has 1 saturated heterocycles. The number of aliphatic hydroxyl groups excluding tert-OH is 1. The molecule has 2 aliphatic rings. The number of nitrogens with one attached hydrogen (secondary N) is 1. The zero-order valence-electron chi connectivity index (χ0n) is 14.4. The summed E-state index contributed by atoms with van der Waals surface area (Å²) in [6.07, 6.45) is 9.09. The third-order valence-electron chi connectivity index (χ3n) is 5.68. The molecule has 0 aromatic carbocycles. The number of hydrogen-bond donors (Lipinski definition) is 2. The normalized spacial score (nSPS) is 26.9. The molecule has 0 spiro atoms. The zero-order chi connectivity index (χ0) is 17.4. The van der Waals surface area contributed by atoms with Crippen LogP contribution >= 0.6 is 0 Å². The highest BCUT2D eigenvalue weighted by molar-refractivity contribution is 5.83. The molecule has 0 radical (unpaired) electrons. The summed E-state index contributed by atoms with van der Waals surface area (Å²) in [7, 11) is 2.04. The van der Waals surface area contributed by atoms with Crippen molar-refractivity contribution in [3.8, 4) is 0 Å². The highest BCUT2D eigenvalue weighted by Crippen LogP contribution is 2.38. The number of nitrogens with zero attached hydrogens (tertiary/aromatic N) is 4. The molecular weight excluding hydrogens is 318 g/mol. The lowest BCUT2D eigenvalue weighted by atomic mass is 9.76. The van der Waals surface area contributed by atoms with Gasteiger partial charge in [0.05, 0.1) is 13.3 Å². The van der Waals surface area contributed by atoms with E-state index in [4.69, 9.17) is 5.11 Å². The summed E-state index contributed by atoms with van der Waals surface area (Å²) in [5.41, 5.74) is 0.850. The number of hydrogen-bond acceptors (Lipinski definition) is 4. The molecule has 132 valence electrons. The van der Waals surface area contributed by atoms with Gasteiger partial charge >= 0.3 is 5.82 Å². The number of H-pyrrole nitrogens is 1. The first-order chi connectivity index (χ1) is 12.2. The van der Waals surface area contributed by atoms with E-state index in [9.17, 15) is 4.79 Å². The van der Waals surface area contributed by atoms with Gasteiger partial charge in [-0.2, -0.15) is 4.98 Å². The van der Waals surface area contributed by atoms with Gasteiger partial charge in [0.1, 0.15) is 17.6 Å². The van der Waals surface area contributed by atoms with Crippen LogP contribution in [0.5, 0.6) is 0 Å². The van der Waals surface area contributed by atoms with E-state index in [1.165, 1.54) is 0 Å². The van der Waals surface area contributed by atoms with Crippen molar-refractivity contribution in [1.82, 2.24) is 19.9 Å². The summed E-state index contributed by atoms with van der Waals surface area (Å²) in [6.45, 7) is 1.22. The fraction of sp³-hybridized carbons (Fsp3) is 0.556. The molecule has 7 heteroatoms. The van der Waals surface area contributed by atoms with Gasteiger partial charge in [-0.25, -0.2) is 4.58 Å². The van der Waals surface area contributed by atoms with E-state index >= 15 is 0 Å². The van der Waals surface area contributed by atoms with E-state index in [1.807, 2.05) is 24.2 Å². The summed E-state index contributed by atoms with van der Waals surface area (Å²) >= 11 is 0. The van der Waals surface area contributed by atoms with Crippen molar-refractivity contribution in [3.05, 3.63) is 18.6 Å². The molecular formula is C18H24N5O2+. The summed E-state index contributed by atoms with van der Waals surface area (Å²) in [5, 5.41) is 10.1. The molecule has 2 aromatic heterocycles. The van der Waals surface area contributed by atoms with E-state index in [0.717, 1.165) is 49.2 Å². The molecule has 3 unspecified atom stereocenters. The van der Waals surface area contributed by atoms with Gasteiger partial charge in [0.15, 0.2) is 0 Å². The quantitative estimate of drug-likeness (QED) is 0.648. The fourth-order valence-corrected chi connectivity index (χ4v) is 4.43. The minimum Gasteiger partial charge on any atom is -0.387 e. The Morgan fingerprint density at radius 1 is 1.40 bits per heavy atom. The molecule has 3 heterocycles. The largest absolute Gasteiger partial charge is 0.387 e. The van der Waals surface area contributed by atoms with E-state index in [0.29, 0.717) is 17.8 Å². The topological polar surface area (TPSA) is 85.1 Å². The predicted octanol–water partition coefficient (Wildman–Crippen LogP) is 1.17. The maximum Gasteiger partial charge on any atom is 0.335 e. The molecule has 7 nitrogen and oxygen atoms in total. The van der Waals surface area contributed by atoms with Gasteiger partial charge in [-0.15, -0.1) is 0 Å². The van der Waals surface area contributed by atoms with Crippen molar-refractivity contribution in [2.24, 2.45) is 17.8 Å². The van der Waals surface area contributed by atoms with Gasteiger partial charge in [-0.1, -0.05) is 0 Å². The Kier molecular flexibility index (Phi) is 4.25. The molecule has 1 amide bonds. The van der Waals surface area contributed by atoms with Crippen LogP contribution in [-0.4, -0.2) is 68.4 Å². The van der Waals surface area contributed by atoms with Crippen LogP contribution in [0.15, 0.2) is 18.6 Å². The number of aromatic amines is 1. The molecule has 1 aliphatic carbocycles. The molecule has 1 saturated carbocycles. The molecule has 0 bridgehead atoms. The third-order valence-corrected chi connectivity index (χ3v) is 5.68. The lowest BCUT2D eigenvalue weighted by molar-refractivity contribution is -0.405. The van der Waals surface area contributed by atoms with Crippen LogP contribution in [-0.2, 0) is 4.79 Å². The summed E-state index contributed by atoms with van der Waals surface area (Å²) in [4.78, 5) is 25.4. The summed E-state index contributed by atoms with van der Waals surface area (Å²) in [5.74, 6) is 2.39. The lowest BCUT2D eigenvalue weighted by Gasteiger charge is -2.28. The first kappa shape index (κ1) is 16.2. The van der Waals surface area contributed by atoms with Gasteiger partial charge in [-0.3, -0.25) is 4.79 Å². The van der Waals surface area contributed by atoms with Crippen LogP contribution in [0.2, 0.25) is 0 Å². The molecule has 25 heavy (non-hydrogen) atoms. The fourth-order valence-electron chi connectivity index (χ4n) is 4.43. The standard InChI is InChI=1S/C18H24N5O2/c1-22(18-15-4-5-19-17(15)20-11-21-18)7-12-2-3-13-8-23(16(25)10-24)9-14(13)6-12/h4-5,7,11-14,24H,2-3,6,8-10H2,1H3,(H,19,20,21)/q+1. The number of rotatable bonds is 3. The van der Waals surface area contributed by atoms with Crippen LogP contribution in [0.25, 0.3) is 11.0 Å². The molecule has 2 aromatic rings. The average molecular weight is 342 g/mol. The number of carbonyl (C=O) groups excluding carboxylic acids is 1. The van der Waals surface area contributed by atoms with Gasteiger partial charge in [0.25, 0.3) is 0 Å². The van der Waals surface area contributed by atoms with Crippen LogP contribution in [0.3, 0.4) is 0 Å². The van der Waals surface area contributed by atoms with E-state index in [2.05, 4.69) is 25.7 Å². The van der Waals surface area contributed by atoms with Crippen LogP contribution < -0.4 is 0 Å². The Balaban J connectivity index is 1.49. The SMILES string of the molecule is C[N+](=CC1CCC2CN(C(=O)CO)CC2C1)c1ncnc2[nH]ccc12. The first-order valence-corrected chi connectivity index (χ1v) is 8.90. The van der Waals surface area contributed by atoms with Crippen LogP contribution in [0, 0.1) is 17.8 Å². The van der Waals surface area contributed by atoms with E-state index in [-0.39, 0.29) is 12.5 Å². The molecule has 2 fully saturated rings. The summed E-state index contributed by atoms with van der Waals surface area (Å²) < 4.78 is 2.11. The van der Waals surface area contributed by atoms with Crippen LogP contribution in [0.1, 0.15) is 19.3 Å². The Hall–Kier alpha value is -2.28. The summed E-state index contributed by atoms with van der Waals surface area (Å²) in [6, 6.07) is 2.00. The number of likely N-dealkylation sites (tertiary alicyclic amines) is 1. The number of carbonyl (C=O) groups is 1. The second-order valence-electron chi connectivity index (χ2n) is 7.25. The van der Waals surface area contributed by atoms with Gasteiger partial charge in [0, 0.05) is 25.2 Å². The van der Waals surface area contributed by atoms with Gasteiger partial charge < -0.3 is 15.0 Å². The van der Waals surface area contributed by atoms with Crippen molar-refractivity contribution in [2.45, 2.75) is 19.3 Å². The molecule has 2 N–H and O–H groups in total. The molecule has 4 rings (SSSR count). The van der Waals surface area contributed by atoms with Crippen LogP contribution in [0.4, 0.5) is 5.82 Å². The van der Waals surface area contributed by atoms with Crippen molar-refractivity contribution in [2.75, 3.05) is 26.7 Å². The number of amides is 1. The monoisotopic (exact) mass is 342 g/mol. The van der Waals surface area contributed by atoms with Gasteiger partial charge in [0.2, 0.25) is 12.2 Å². The molecule has 1 aliphatic heterocycles. The average Bonchev–Trinajstić information content (AvgIpc) is 3.26. The minimum atomic E-state index is -0.377. The second kappa shape index (κ2) is 6.55. The maximum atomic E-state index is 11.7. The van der Waals surface area contributed by atoms with E-state index in [1.54, 1.807) is 6.33 Å². The Morgan fingerprint density at radius 2 is 2.24 bits per heavy atom. The van der Waals surface area contributed by atoms with Crippen molar-refractivity contribution >= 4 is 29.0 Å². The predicted molar refractivity (Wildman–Crippen MR) is 93.8 cm³/mol. The minimum absolute atomic E-state index is 0.136. The third kappa shape index (κ3) is 3.04.